The number of carbonyl (C=O) groups is 1. The third kappa shape index (κ3) is 6.20. The first-order valence-corrected chi connectivity index (χ1v) is 14.2. The van der Waals surface area contributed by atoms with Gasteiger partial charge in [-0.25, -0.2) is 16.8 Å². The first-order chi connectivity index (χ1) is 16.3. The van der Waals surface area contributed by atoms with Crippen LogP contribution in [0.4, 0.5) is 17.1 Å². The Morgan fingerprint density at radius 2 is 1.37 bits per heavy atom. The van der Waals surface area contributed by atoms with Crippen molar-refractivity contribution in [1.82, 2.24) is 0 Å². The number of carbonyl (C=O) groups excluding carboxylic acids is 1. The summed E-state index contributed by atoms with van der Waals surface area (Å²) in [6.07, 6.45) is 1.04. The van der Waals surface area contributed by atoms with Crippen LogP contribution in [-0.2, 0) is 24.8 Å². The predicted octanol–water partition coefficient (Wildman–Crippen LogP) is 4.21. The molecule has 0 aromatic heterocycles. The highest BCUT2D eigenvalue weighted by molar-refractivity contribution is 7.92. The zero-order valence-electron chi connectivity index (χ0n) is 20.2. The summed E-state index contributed by atoms with van der Waals surface area (Å²) in [6.45, 7) is 7.01. The van der Waals surface area contributed by atoms with Crippen LogP contribution < -0.4 is 14.3 Å². The van der Waals surface area contributed by atoms with E-state index in [1.54, 1.807) is 24.3 Å². The zero-order chi connectivity index (χ0) is 26.0. The van der Waals surface area contributed by atoms with E-state index in [0.29, 0.717) is 17.1 Å². The van der Waals surface area contributed by atoms with E-state index in [9.17, 15) is 21.6 Å². The van der Waals surface area contributed by atoms with Gasteiger partial charge in [0.05, 0.1) is 22.5 Å². The Morgan fingerprint density at radius 1 is 0.829 bits per heavy atom. The lowest BCUT2D eigenvalue weighted by molar-refractivity contribution is -0.116. The van der Waals surface area contributed by atoms with Crippen LogP contribution >= 0.6 is 0 Å². The van der Waals surface area contributed by atoms with Crippen molar-refractivity contribution in [3.05, 3.63) is 83.4 Å². The van der Waals surface area contributed by atoms with Gasteiger partial charge >= 0.3 is 0 Å². The van der Waals surface area contributed by atoms with Crippen LogP contribution in [0.2, 0.25) is 0 Å². The molecule has 0 aliphatic heterocycles. The molecule has 10 heteroatoms. The predicted molar refractivity (Wildman–Crippen MR) is 140 cm³/mol. The van der Waals surface area contributed by atoms with Gasteiger partial charge in [-0.3, -0.25) is 13.8 Å². The quantitative estimate of drug-likeness (QED) is 0.467. The molecule has 0 bridgehead atoms. The third-order valence-corrected chi connectivity index (χ3v) is 8.13. The number of benzene rings is 3. The maximum absolute atomic E-state index is 12.9. The summed E-state index contributed by atoms with van der Waals surface area (Å²) in [7, 11) is -7.59. The molecule has 0 radical (unpaired) electrons. The average molecular weight is 516 g/mol. The van der Waals surface area contributed by atoms with E-state index in [0.717, 1.165) is 27.3 Å². The molecular weight excluding hydrogens is 486 g/mol. The average Bonchev–Trinajstić information content (AvgIpc) is 2.77. The van der Waals surface area contributed by atoms with Crippen molar-refractivity contribution in [3.63, 3.8) is 0 Å². The second kappa shape index (κ2) is 10.1. The summed E-state index contributed by atoms with van der Waals surface area (Å²) in [5.41, 5.74) is 3.80. The van der Waals surface area contributed by atoms with Crippen molar-refractivity contribution in [2.75, 3.05) is 20.6 Å². The highest BCUT2D eigenvalue weighted by atomic mass is 32.2. The lowest BCUT2D eigenvalue weighted by atomic mass is 10.1. The molecule has 1 amide bonds. The molecule has 3 aromatic carbocycles. The number of sulfonamides is 2. The van der Waals surface area contributed by atoms with Crippen molar-refractivity contribution in [2.45, 2.75) is 38.6 Å². The summed E-state index contributed by atoms with van der Waals surface area (Å²) < 4.78 is 54.3. The van der Waals surface area contributed by atoms with Crippen LogP contribution in [-0.4, -0.2) is 35.0 Å². The van der Waals surface area contributed by atoms with Gasteiger partial charge in [-0.2, -0.15) is 0 Å². The molecule has 3 rings (SSSR count). The van der Waals surface area contributed by atoms with Gasteiger partial charge in [-0.1, -0.05) is 35.9 Å². The van der Waals surface area contributed by atoms with Gasteiger partial charge in [0, 0.05) is 5.69 Å². The van der Waals surface area contributed by atoms with E-state index in [-0.39, 0.29) is 4.90 Å². The number of nitrogens with zero attached hydrogens (tertiary/aromatic N) is 1. The molecule has 0 heterocycles. The van der Waals surface area contributed by atoms with Crippen molar-refractivity contribution < 1.29 is 21.6 Å². The largest absolute Gasteiger partial charge is 0.324 e. The van der Waals surface area contributed by atoms with Gasteiger partial charge < -0.3 is 5.32 Å². The molecule has 2 N–H and O–H groups in total. The number of amides is 1. The molecule has 0 saturated heterocycles. The second-order valence-electron chi connectivity index (χ2n) is 8.46. The van der Waals surface area contributed by atoms with Crippen molar-refractivity contribution >= 4 is 43.0 Å². The molecule has 0 spiro atoms. The van der Waals surface area contributed by atoms with Crippen LogP contribution in [0, 0.1) is 20.8 Å². The molecule has 35 heavy (non-hydrogen) atoms. The lowest BCUT2D eigenvalue weighted by Crippen LogP contribution is -2.45. The minimum Gasteiger partial charge on any atom is -0.324 e. The van der Waals surface area contributed by atoms with E-state index in [4.69, 9.17) is 0 Å². The molecule has 0 aliphatic carbocycles. The minimum atomic E-state index is -3.84. The number of aryl methyl sites for hydroxylation is 3. The Bertz CT molecular complexity index is 1410. The van der Waals surface area contributed by atoms with Gasteiger partial charge in [-0.15, -0.1) is 0 Å². The number of hydrogen-bond donors (Lipinski definition) is 2. The number of hydrogen-bond acceptors (Lipinski definition) is 5. The molecule has 0 aliphatic rings. The summed E-state index contributed by atoms with van der Waals surface area (Å²) in [5.74, 6) is -0.555. The summed E-state index contributed by atoms with van der Waals surface area (Å²) in [6, 6.07) is 16.9. The van der Waals surface area contributed by atoms with E-state index in [2.05, 4.69) is 10.0 Å². The van der Waals surface area contributed by atoms with Crippen LogP contribution in [0.5, 0.6) is 0 Å². The van der Waals surface area contributed by atoms with Crippen LogP contribution in [0.15, 0.2) is 71.6 Å². The van der Waals surface area contributed by atoms with Crippen LogP contribution in [0.25, 0.3) is 0 Å². The van der Waals surface area contributed by atoms with E-state index in [1.807, 2.05) is 39.0 Å². The maximum Gasteiger partial charge on any atom is 0.261 e. The Hall–Kier alpha value is -3.37. The lowest BCUT2D eigenvalue weighted by Gasteiger charge is -2.28. The fourth-order valence-electron chi connectivity index (χ4n) is 3.63. The molecule has 186 valence electrons. The molecule has 0 fully saturated rings. The number of nitrogens with one attached hydrogen (secondary N) is 2. The van der Waals surface area contributed by atoms with Crippen molar-refractivity contribution in [1.29, 1.82) is 0 Å². The highest BCUT2D eigenvalue weighted by Gasteiger charge is 2.29. The Labute approximate surface area is 207 Å². The second-order valence-corrected chi connectivity index (χ2v) is 12.0. The summed E-state index contributed by atoms with van der Waals surface area (Å²) in [5, 5.41) is 2.66. The van der Waals surface area contributed by atoms with E-state index in [1.165, 1.54) is 31.2 Å². The first-order valence-electron chi connectivity index (χ1n) is 10.9. The summed E-state index contributed by atoms with van der Waals surface area (Å²) >= 11 is 0. The SMILES string of the molecule is Cc1ccc(N([C@@H](C)C(=O)Nc2ccc(S(=O)(=O)Nc3c(C)cccc3C)cc2)S(C)(=O)=O)cc1. The Morgan fingerprint density at radius 3 is 1.89 bits per heavy atom. The topological polar surface area (TPSA) is 113 Å². The minimum absolute atomic E-state index is 0.0311. The normalized spacial score (nSPS) is 12.6. The van der Waals surface area contributed by atoms with Crippen molar-refractivity contribution in [2.24, 2.45) is 0 Å². The summed E-state index contributed by atoms with van der Waals surface area (Å²) in [4.78, 5) is 12.9. The fourth-order valence-corrected chi connectivity index (χ4v) is 6.01. The Balaban J connectivity index is 1.78. The van der Waals surface area contributed by atoms with Gasteiger partial charge in [0.25, 0.3) is 10.0 Å². The van der Waals surface area contributed by atoms with E-state index < -0.39 is 32.0 Å². The van der Waals surface area contributed by atoms with Gasteiger partial charge in [0.15, 0.2) is 0 Å². The maximum atomic E-state index is 12.9. The van der Waals surface area contributed by atoms with Crippen LogP contribution in [0.3, 0.4) is 0 Å². The highest BCUT2D eigenvalue weighted by Crippen LogP contribution is 2.25. The molecule has 8 nitrogen and oxygen atoms in total. The fraction of sp³-hybridized carbons (Fsp3) is 0.240. The molecular formula is C25H29N3O5S2. The number of rotatable bonds is 8. The van der Waals surface area contributed by atoms with Crippen molar-refractivity contribution in [3.8, 4) is 0 Å². The number of para-hydroxylation sites is 1. The monoisotopic (exact) mass is 515 g/mol. The molecule has 0 unspecified atom stereocenters. The van der Waals surface area contributed by atoms with Gasteiger partial charge in [0.1, 0.15) is 6.04 Å². The standard InChI is InChI=1S/C25H29N3O5S2/c1-17-9-13-22(14-10-17)28(34(5,30)31)20(4)25(29)26-21-11-15-23(16-12-21)35(32,33)27-24-18(2)7-6-8-19(24)3/h6-16,20,27H,1-5H3,(H,26,29)/t20-/m0/s1. The first kappa shape index (κ1) is 26.2. The molecule has 1 atom stereocenters. The zero-order valence-corrected chi connectivity index (χ0v) is 21.9. The van der Waals surface area contributed by atoms with E-state index >= 15 is 0 Å². The Kier molecular flexibility index (Phi) is 7.56. The van der Waals surface area contributed by atoms with Gasteiger partial charge in [-0.05, 0) is 75.2 Å². The molecule has 3 aromatic rings. The third-order valence-electron chi connectivity index (χ3n) is 5.53. The van der Waals surface area contributed by atoms with Gasteiger partial charge in [0.2, 0.25) is 15.9 Å². The van der Waals surface area contributed by atoms with Crippen LogP contribution in [0.1, 0.15) is 23.6 Å². The smallest absolute Gasteiger partial charge is 0.261 e. The molecule has 0 saturated carbocycles. The number of anilines is 3.